The molecule has 3 heteroatoms. The topological polar surface area (TPSA) is 21.3 Å². The zero-order chi connectivity index (χ0) is 12.7. The first-order valence-electron chi connectivity index (χ1n) is 6.24. The summed E-state index contributed by atoms with van der Waals surface area (Å²) in [4.78, 5) is 0. The van der Waals surface area contributed by atoms with Gasteiger partial charge < -0.3 is 10.1 Å². The minimum Gasteiger partial charge on any atom is -0.496 e. The number of hydrogen-bond donors (Lipinski definition) is 1. The minimum atomic E-state index is 0.704. The Bertz CT molecular complexity index is 341. The molecule has 0 fully saturated rings. The van der Waals surface area contributed by atoms with Crippen LogP contribution < -0.4 is 10.1 Å². The van der Waals surface area contributed by atoms with Crippen LogP contribution in [0.2, 0.25) is 0 Å². The first-order chi connectivity index (χ1) is 8.21. The summed E-state index contributed by atoms with van der Waals surface area (Å²) in [6.07, 6.45) is 2.32. The molecule has 0 amide bonds. The first-order valence-corrected chi connectivity index (χ1v) is 7.03. The maximum Gasteiger partial charge on any atom is 0.133 e. The van der Waals surface area contributed by atoms with Crippen LogP contribution in [-0.2, 0) is 6.42 Å². The Labute approximate surface area is 113 Å². The molecular formula is C14H22BrNO. The van der Waals surface area contributed by atoms with Gasteiger partial charge in [0.25, 0.3) is 0 Å². The van der Waals surface area contributed by atoms with Crippen molar-refractivity contribution >= 4 is 15.9 Å². The lowest BCUT2D eigenvalue weighted by Crippen LogP contribution is -2.23. The van der Waals surface area contributed by atoms with E-state index >= 15 is 0 Å². The molecule has 0 bridgehead atoms. The molecular weight excluding hydrogens is 278 g/mol. The second-order valence-corrected chi connectivity index (χ2v) is 5.11. The van der Waals surface area contributed by atoms with Gasteiger partial charge in [-0.3, -0.25) is 0 Å². The van der Waals surface area contributed by atoms with Crippen molar-refractivity contribution in [2.75, 3.05) is 20.2 Å². The summed E-state index contributed by atoms with van der Waals surface area (Å²) in [6.45, 7) is 6.54. The Kier molecular flexibility index (Phi) is 6.60. The number of nitrogens with one attached hydrogen (secondary N) is 1. The Balaban J connectivity index is 2.63. The van der Waals surface area contributed by atoms with Crippen molar-refractivity contribution < 1.29 is 4.74 Å². The molecule has 0 heterocycles. The van der Waals surface area contributed by atoms with Crippen LogP contribution in [0, 0.1) is 5.92 Å². The lowest BCUT2D eigenvalue weighted by atomic mass is 9.97. The van der Waals surface area contributed by atoms with Gasteiger partial charge in [-0.25, -0.2) is 0 Å². The van der Waals surface area contributed by atoms with Crippen molar-refractivity contribution in [2.45, 2.75) is 26.7 Å². The van der Waals surface area contributed by atoms with Gasteiger partial charge in [-0.05, 0) is 59.1 Å². The van der Waals surface area contributed by atoms with E-state index in [2.05, 4.69) is 47.2 Å². The lowest BCUT2D eigenvalue weighted by Gasteiger charge is -2.16. The highest BCUT2D eigenvalue weighted by molar-refractivity contribution is 9.10. The van der Waals surface area contributed by atoms with Gasteiger partial charge in [0.15, 0.2) is 0 Å². The molecule has 96 valence electrons. The van der Waals surface area contributed by atoms with Crippen molar-refractivity contribution in [1.82, 2.24) is 5.32 Å². The van der Waals surface area contributed by atoms with Gasteiger partial charge in [0, 0.05) is 0 Å². The Morgan fingerprint density at radius 2 is 2.12 bits per heavy atom. The fraction of sp³-hybridized carbons (Fsp3) is 0.571. The third-order valence-electron chi connectivity index (χ3n) is 3.00. The summed E-state index contributed by atoms with van der Waals surface area (Å²) >= 11 is 3.53. The third-order valence-corrected chi connectivity index (χ3v) is 3.62. The van der Waals surface area contributed by atoms with E-state index in [9.17, 15) is 0 Å². The van der Waals surface area contributed by atoms with E-state index in [1.54, 1.807) is 7.11 Å². The fourth-order valence-electron chi connectivity index (χ4n) is 1.88. The molecule has 0 aliphatic carbocycles. The fourth-order valence-corrected chi connectivity index (χ4v) is 2.47. The third kappa shape index (κ3) is 4.68. The second-order valence-electron chi connectivity index (χ2n) is 4.25. The molecule has 0 aromatic heterocycles. The molecule has 2 nitrogen and oxygen atoms in total. The summed E-state index contributed by atoms with van der Waals surface area (Å²) in [6, 6.07) is 6.34. The number of ether oxygens (including phenoxy) is 1. The molecule has 0 radical (unpaired) electrons. The van der Waals surface area contributed by atoms with Gasteiger partial charge in [0.05, 0.1) is 11.6 Å². The molecule has 0 saturated heterocycles. The summed E-state index contributed by atoms with van der Waals surface area (Å²) in [5, 5.41) is 3.42. The number of methoxy groups -OCH3 is 1. The SMILES string of the molecule is CCNCC(CC)Cc1ccc(OC)c(Br)c1. The molecule has 1 aromatic rings. The standard InChI is InChI=1S/C14H22BrNO/c1-4-11(10-16-5-2)8-12-6-7-14(17-3)13(15)9-12/h6-7,9,11,16H,4-5,8,10H2,1-3H3. The molecule has 0 aliphatic heterocycles. The van der Waals surface area contributed by atoms with E-state index in [1.165, 1.54) is 12.0 Å². The number of halogens is 1. The average molecular weight is 300 g/mol. The van der Waals surface area contributed by atoms with Gasteiger partial charge in [-0.2, -0.15) is 0 Å². The van der Waals surface area contributed by atoms with Crippen LogP contribution in [0.3, 0.4) is 0 Å². The van der Waals surface area contributed by atoms with E-state index < -0.39 is 0 Å². The number of hydrogen-bond acceptors (Lipinski definition) is 2. The van der Waals surface area contributed by atoms with Gasteiger partial charge in [-0.15, -0.1) is 0 Å². The lowest BCUT2D eigenvalue weighted by molar-refractivity contribution is 0.411. The van der Waals surface area contributed by atoms with E-state index in [4.69, 9.17) is 4.74 Å². The van der Waals surface area contributed by atoms with Gasteiger partial charge in [0.1, 0.15) is 5.75 Å². The van der Waals surface area contributed by atoms with Gasteiger partial charge in [0.2, 0.25) is 0 Å². The summed E-state index contributed by atoms with van der Waals surface area (Å²) in [7, 11) is 1.69. The predicted molar refractivity (Wildman–Crippen MR) is 76.7 cm³/mol. The molecule has 0 aliphatic rings. The molecule has 1 aromatic carbocycles. The van der Waals surface area contributed by atoms with Crippen LogP contribution in [0.1, 0.15) is 25.8 Å². The Morgan fingerprint density at radius 1 is 1.35 bits per heavy atom. The van der Waals surface area contributed by atoms with Crippen LogP contribution >= 0.6 is 15.9 Å². The first kappa shape index (κ1) is 14.5. The summed E-state index contributed by atoms with van der Waals surface area (Å²) in [5.74, 6) is 1.60. The average Bonchev–Trinajstić information content (AvgIpc) is 2.34. The largest absolute Gasteiger partial charge is 0.496 e. The van der Waals surface area contributed by atoms with Crippen LogP contribution in [0.4, 0.5) is 0 Å². The van der Waals surface area contributed by atoms with Crippen molar-refractivity contribution in [3.05, 3.63) is 28.2 Å². The summed E-state index contributed by atoms with van der Waals surface area (Å²) < 4.78 is 6.27. The highest BCUT2D eigenvalue weighted by Gasteiger charge is 2.08. The molecule has 1 rings (SSSR count). The van der Waals surface area contributed by atoms with E-state index in [-0.39, 0.29) is 0 Å². The van der Waals surface area contributed by atoms with Crippen molar-refractivity contribution in [3.8, 4) is 5.75 Å². The van der Waals surface area contributed by atoms with Crippen LogP contribution in [-0.4, -0.2) is 20.2 Å². The number of benzene rings is 1. The van der Waals surface area contributed by atoms with Crippen molar-refractivity contribution in [1.29, 1.82) is 0 Å². The van der Waals surface area contributed by atoms with E-state index in [0.29, 0.717) is 5.92 Å². The number of rotatable bonds is 7. The maximum absolute atomic E-state index is 5.24. The highest BCUT2D eigenvalue weighted by atomic mass is 79.9. The second kappa shape index (κ2) is 7.72. The highest BCUT2D eigenvalue weighted by Crippen LogP contribution is 2.26. The molecule has 1 unspecified atom stereocenters. The van der Waals surface area contributed by atoms with Crippen LogP contribution in [0.5, 0.6) is 5.75 Å². The zero-order valence-electron chi connectivity index (χ0n) is 10.9. The van der Waals surface area contributed by atoms with Crippen molar-refractivity contribution in [3.63, 3.8) is 0 Å². The quantitative estimate of drug-likeness (QED) is 0.830. The maximum atomic E-state index is 5.24. The van der Waals surface area contributed by atoms with E-state index in [0.717, 1.165) is 29.7 Å². The molecule has 17 heavy (non-hydrogen) atoms. The molecule has 0 spiro atoms. The van der Waals surface area contributed by atoms with E-state index in [1.807, 2.05) is 6.07 Å². The predicted octanol–water partition coefficient (Wildman–Crippen LogP) is 3.64. The Hall–Kier alpha value is -0.540. The van der Waals surface area contributed by atoms with Crippen LogP contribution in [0.15, 0.2) is 22.7 Å². The van der Waals surface area contributed by atoms with Crippen LogP contribution in [0.25, 0.3) is 0 Å². The Morgan fingerprint density at radius 3 is 2.65 bits per heavy atom. The minimum absolute atomic E-state index is 0.704. The molecule has 1 N–H and O–H groups in total. The normalized spacial score (nSPS) is 12.5. The van der Waals surface area contributed by atoms with Gasteiger partial charge in [-0.1, -0.05) is 26.3 Å². The zero-order valence-corrected chi connectivity index (χ0v) is 12.5. The smallest absolute Gasteiger partial charge is 0.133 e. The van der Waals surface area contributed by atoms with Gasteiger partial charge >= 0.3 is 0 Å². The summed E-state index contributed by atoms with van der Waals surface area (Å²) in [5.41, 5.74) is 1.36. The molecule has 1 atom stereocenters. The van der Waals surface area contributed by atoms with Crippen molar-refractivity contribution in [2.24, 2.45) is 5.92 Å². The molecule has 0 saturated carbocycles. The monoisotopic (exact) mass is 299 g/mol.